The van der Waals surface area contributed by atoms with Gasteiger partial charge in [0, 0.05) is 43.5 Å². The standard InChI is InChI=1S/C19H31Cl2N3O/c20-11-15-24(16-12-21)18-9-7-17(8-10-18)5-4-6-19(25)23-14-3-1-2-13-22/h7-10H,1-6,11-16,22H2,(H,23,25). The highest BCUT2D eigenvalue weighted by molar-refractivity contribution is 6.18. The number of benzene rings is 1. The van der Waals surface area contributed by atoms with Gasteiger partial charge in [0.05, 0.1) is 0 Å². The van der Waals surface area contributed by atoms with Crippen molar-refractivity contribution in [2.75, 3.05) is 42.8 Å². The lowest BCUT2D eigenvalue weighted by molar-refractivity contribution is -0.121. The van der Waals surface area contributed by atoms with Gasteiger partial charge in [-0.25, -0.2) is 0 Å². The van der Waals surface area contributed by atoms with Crippen molar-refractivity contribution in [2.45, 2.75) is 38.5 Å². The molecule has 0 aliphatic heterocycles. The van der Waals surface area contributed by atoms with E-state index < -0.39 is 0 Å². The summed E-state index contributed by atoms with van der Waals surface area (Å²) in [5.41, 5.74) is 7.83. The van der Waals surface area contributed by atoms with E-state index in [1.165, 1.54) is 5.56 Å². The van der Waals surface area contributed by atoms with Crippen molar-refractivity contribution in [3.05, 3.63) is 29.8 Å². The van der Waals surface area contributed by atoms with Crippen molar-refractivity contribution in [3.8, 4) is 0 Å². The molecule has 6 heteroatoms. The third-order valence-corrected chi connectivity index (χ3v) is 4.42. The number of nitrogens with two attached hydrogens (primary N) is 1. The van der Waals surface area contributed by atoms with Gasteiger partial charge in [0.15, 0.2) is 0 Å². The first-order valence-corrected chi connectivity index (χ1v) is 10.2. The summed E-state index contributed by atoms with van der Waals surface area (Å²) in [6, 6.07) is 8.45. The van der Waals surface area contributed by atoms with E-state index in [0.717, 1.165) is 64.0 Å². The molecule has 0 saturated heterocycles. The number of amides is 1. The summed E-state index contributed by atoms with van der Waals surface area (Å²) >= 11 is 11.7. The van der Waals surface area contributed by atoms with Gasteiger partial charge in [0.25, 0.3) is 0 Å². The number of hydrogen-bond donors (Lipinski definition) is 2. The summed E-state index contributed by atoms with van der Waals surface area (Å²) in [5, 5.41) is 2.97. The lowest BCUT2D eigenvalue weighted by Crippen LogP contribution is -2.27. The number of carbonyl (C=O) groups excluding carboxylic acids is 1. The van der Waals surface area contributed by atoms with E-state index in [4.69, 9.17) is 28.9 Å². The summed E-state index contributed by atoms with van der Waals surface area (Å²) < 4.78 is 0. The molecule has 0 aromatic heterocycles. The fraction of sp³-hybridized carbons (Fsp3) is 0.632. The van der Waals surface area contributed by atoms with Gasteiger partial charge in [0.2, 0.25) is 5.91 Å². The van der Waals surface area contributed by atoms with Gasteiger partial charge in [-0.15, -0.1) is 23.2 Å². The molecule has 0 bridgehead atoms. The van der Waals surface area contributed by atoms with Crippen LogP contribution in [0.5, 0.6) is 0 Å². The van der Waals surface area contributed by atoms with Gasteiger partial charge in [-0.05, 0) is 49.9 Å². The van der Waals surface area contributed by atoms with E-state index in [1.807, 2.05) is 0 Å². The van der Waals surface area contributed by atoms with E-state index in [0.29, 0.717) is 18.2 Å². The smallest absolute Gasteiger partial charge is 0.220 e. The van der Waals surface area contributed by atoms with E-state index in [1.54, 1.807) is 0 Å². The maximum absolute atomic E-state index is 11.8. The zero-order valence-corrected chi connectivity index (χ0v) is 16.5. The molecule has 1 aromatic rings. The van der Waals surface area contributed by atoms with E-state index in [2.05, 4.69) is 34.5 Å². The molecule has 0 unspecified atom stereocenters. The first-order valence-electron chi connectivity index (χ1n) is 9.13. The summed E-state index contributed by atoms with van der Waals surface area (Å²) in [6.07, 6.45) is 5.45. The summed E-state index contributed by atoms with van der Waals surface area (Å²) in [7, 11) is 0. The Morgan fingerprint density at radius 1 is 1.00 bits per heavy atom. The molecule has 0 radical (unpaired) electrons. The third-order valence-electron chi connectivity index (χ3n) is 4.08. The average Bonchev–Trinajstić information content (AvgIpc) is 2.62. The number of halogens is 2. The molecule has 0 spiro atoms. The Kier molecular flexibility index (Phi) is 12.6. The Labute approximate surface area is 162 Å². The second kappa shape index (κ2) is 14.2. The van der Waals surface area contributed by atoms with Gasteiger partial charge in [0.1, 0.15) is 0 Å². The highest BCUT2D eigenvalue weighted by Crippen LogP contribution is 2.16. The largest absolute Gasteiger partial charge is 0.369 e. The number of rotatable bonds is 14. The Hall–Kier alpha value is -0.970. The molecular formula is C19H31Cl2N3O. The fourth-order valence-electron chi connectivity index (χ4n) is 2.66. The molecule has 1 amide bonds. The zero-order valence-electron chi connectivity index (χ0n) is 15.0. The summed E-state index contributed by atoms with van der Waals surface area (Å²) in [5.74, 6) is 1.31. The van der Waals surface area contributed by atoms with Crippen LogP contribution >= 0.6 is 23.2 Å². The van der Waals surface area contributed by atoms with Crippen LogP contribution in [0.4, 0.5) is 5.69 Å². The van der Waals surface area contributed by atoms with E-state index >= 15 is 0 Å². The molecule has 1 aromatic carbocycles. The van der Waals surface area contributed by atoms with Crippen LogP contribution in [-0.2, 0) is 11.2 Å². The van der Waals surface area contributed by atoms with Crippen molar-refractivity contribution in [1.82, 2.24) is 5.32 Å². The molecule has 1 rings (SSSR count). The molecule has 25 heavy (non-hydrogen) atoms. The maximum Gasteiger partial charge on any atom is 0.220 e. The van der Waals surface area contributed by atoms with Crippen molar-refractivity contribution in [2.24, 2.45) is 5.73 Å². The fourth-order valence-corrected chi connectivity index (χ4v) is 3.07. The van der Waals surface area contributed by atoms with Crippen molar-refractivity contribution in [3.63, 3.8) is 0 Å². The number of anilines is 1. The predicted molar refractivity (Wildman–Crippen MR) is 109 cm³/mol. The second-order valence-electron chi connectivity index (χ2n) is 6.08. The zero-order chi connectivity index (χ0) is 18.3. The maximum atomic E-state index is 11.8. The van der Waals surface area contributed by atoms with Crippen LogP contribution < -0.4 is 16.0 Å². The summed E-state index contributed by atoms with van der Waals surface area (Å²) in [4.78, 5) is 14.0. The molecule has 0 fully saturated rings. The summed E-state index contributed by atoms with van der Waals surface area (Å²) in [6.45, 7) is 3.06. The number of alkyl halides is 2. The first-order chi connectivity index (χ1) is 12.2. The van der Waals surface area contributed by atoms with Crippen molar-refractivity contribution < 1.29 is 4.79 Å². The van der Waals surface area contributed by atoms with Gasteiger partial charge in [-0.3, -0.25) is 4.79 Å². The van der Waals surface area contributed by atoms with Crippen LogP contribution in [0.25, 0.3) is 0 Å². The number of unbranched alkanes of at least 4 members (excludes halogenated alkanes) is 2. The minimum absolute atomic E-state index is 0.139. The monoisotopic (exact) mass is 387 g/mol. The van der Waals surface area contributed by atoms with Crippen LogP contribution in [0, 0.1) is 0 Å². The molecule has 0 aliphatic carbocycles. The molecule has 3 N–H and O–H groups in total. The lowest BCUT2D eigenvalue weighted by atomic mass is 10.1. The quantitative estimate of drug-likeness (QED) is 0.379. The number of nitrogens with one attached hydrogen (secondary N) is 1. The minimum atomic E-state index is 0.139. The number of carbonyl (C=O) groups is 1. The Morgan fingerprint density at radius 2 is 1.68 bits per heavy atom. The van der Waals surface area contributed by atoms with E-state index in [9.17, 15) is 4.79 Å². The Morgan fingerprint density at radius 3 is 2.28 bits per heavy atom. The Balaban J connectivity index is 2.27. The van der Waals surface area contributed by atoms with Crippen molar-refractivity contribution in [1.29, 1.82) is 0 Å². The van der Waals surface area contributed by atoms with Crippen molar-refractivity contribution >= 4 is 34.8 Å². The predicted octanol–water partition coefficient (Wildman–Crippen LogP) is 3.54. The molecule has 4 nitrogen and oxygen atoms in total. The van der Waals surface area contributed by atoms with Gasteiger partial charge >= 0.3 is 0 Å². The van der Waals surface area contributed by atoms with Gasteiger partial charge in [-0.1, -0.05) is 18.6 Å². The van der Waals surface area contributed by atoms with Crippen LogP contribution in [0.15, 0.2) is 24.3 Å². The highest BCUT2D eigenvalue weighted by Gasteiger charge is 2.06. The lowest BCUT2D eigenvalue weighted by Gasteiger charge is -2.23. The third kappa shape index (κ3) is 9.93. The molecule has 0 saturated carbocycles. The molecule has 0 aliphatic rings. The van der Waals surface area contributed by atoms with E-state index in [-0.39, 0.29) is 5.91 Å². The van der Waals surface area contributed by atoms with Crippen LogP contribution in [0.1, 0.15) is 37.7 Å². The number of nitrogens with zero attached hydrogens (tertiary/aromatic N) is 1. The number of aryl methyl sites for hydroxylation is 1. The molecule has 0 heterocycles. The van der Waals surface area contributed by atoms with Gasteiger partial charge in [-0.2, -0.15) is 0 Å². The van der Waals surface area contributed by atoms with Crippen LogP contribution in [-0.4, -0.2) is 43.8 Å². The van der Waals surface area contributed by atoms with Crippen LogP contribution in [0.3, 0.4) is 0 Å². The average molecular weight is 388 g/mol. The normalized spacial score (nSPS) is 10.7. The van der Waals surface area contributed by atoms with Crippen LogP contribution in [0.2, 0.25) is 0 Å². The topological polar surface area (TPSA) is 58.4 Å². The first kappa shape index (κ1) is 22.1. The molecule has 0 atom stereocenters. The SMILES string of the molecule is NCCCCCNC(=O)CCCc1ccc(N(CCCl)CCCl)cc1. The Bertz CT molecular complexity index is 462. The molecular weight excluding hydrogens is 357 g/mol. The van der Waals surface area contributed by atoms with Gasteiger partial charge < -0.3 is 16.0 Å². The molecule has 142 valence electrons. The number of hydrogen-bond acceptors (Lipinski definition) is 3. The highest BCUT2D eigenvalue weighted by atomic mass is 35.5. The second-order valence-corrected chi connectivity index (χ2v) is 6.84. The minimum Gasteiger partial charge on any atom is -0.369 e.